The van der Waals surface area contributed by atoms with Crippen molar-refractivity contribution in [3.05, 3.63) is 191 Å². The Morgan fingerprint density at radius 3 is 0.849 bits per heavy atom. The van der Waals surface area contributed by atoms with E-state index in [1.54, 1.807) is 0 Å². The number of rotatable bonds is 24. The van der Waals surface area contributed by atoms with Crippen LogP contribution in [-0.4, -0.2) is 110 Å². The van der Waals surface area contributed by atoms with Gasteiger partial charge in [0.2, 0.25) is 0 Å². The van der Waals surface area contributed by atoms with E-state index in [4.69, 9.17) is 14.2 Å². The van der Waals surface area contributed by atoms with E-state index in [-0.39, 0.29) is 70.3 Å². The van der Waals surface area contributed by atoms with Crippen LogP contribution in [0.1, 0.15) is 62.1 Å². The Morgan fingerprint density at radius 1 is 0.397 bits per heavy atom. The number of anilines is 3. The number of carboxylic acid groups (broad SMARTS) is 3. The van der Waals surface area contributed by atoms with Crippen LogP contribution in [0.4, 0.5) is 34.1 Å². The van der Waals surface area contributed by atoms with Gasteiger partial charge in [-0.05, 0) is 109 Å². The molecule has 0 aliphatic rings. The molecule has 0 bridgehead atoms. The molecule has 0 aliphatic heterocycles. The van der Waals surface area contributed by atoms with Gasteiger partial charge in [0.1, 0.15) is 54.1 Å². The van der Waals surface area contributed by atoms with Gasteiger partial charge in [-0.25, -0.2) is 14.4 Å². The summed E-state index contributed by atoms with van der Waals surface area (Å²) in [4.78, 5) is 107. The molecule has 0 aromatic heterocycles. The SMILES string of the molecule is O=C(O)c1ccc(NC(=O)c2ccc(OCCN(CCOc3ccc(C(=O)Nc4ccc(C(=O)O)cc4[N+](=O)[O-])cc3)CCOc3ccc(C(=O)Nc4ccc(C(=O)O)cc4[N+](=O)[O-])cc3)cc2)c([N+](=O)[O-])c1. The van der Waals surface area contributed by atoms with Gasteiger partial charge in [-0.15, -0.1) is 0 Å². The third-order valence-corrected chi connectivity index (χ3v) is 10.4. The van der Waals surface area contributed by atoms with Crippen molar-refractivity contribution < 1.29 is 73.1 Å². The Bertz CT molecular complexity index is 2780. The molecular weight excluding hydrogens is 963 g/mol. The predicted molar refractivity (Wildman–Crippen MR) is 256 cm³/mol. The van der Waals surface area contributed by atoms with Crippen LogP contribution < -0.4 is 30.2 Å². The third kappa shape index (κ3) is 14.1. The number of nitro groups is 3. The first-order valence-corrected chi connectivity index (χ1v) is 21.3. The fourth-order valence-electron chi connectivity index (χ4n) is 6.67. The topological polar surface area (TPSA) is 360 Å². The van der Waals surface area contributed by atoms with Gasteiger partial charge in [-0.2, -0.15) is 0 Å². The van der Waals surface area contributed by atoms with E-state index in [1.165, 1.54) is 72.8 Å². The number of hydrogen-bond donors (Lipinski definition) is 6. The van der Waals surface area contributed by atoms with Crippen molar-refractivity contribution in [1.29, 1.82) is 0 Å². The van der Waals surface area contributed by atoms with Crippen LogP contribution in [0.25, 0.3) is 0 Å². The fraction of sp³-hybridized carbons (Fsp3) is 0.125. The first-order valence-electron chi connectivity index (χ1n) is 21.3. The van der Waals surface area contributed by atoms with Gasteiger partial charge in [0.05, 0.1) is 31.5 Å². The summed E-state index contributed by atoms with van der Waals surface area (Å²) in [6.45, 7) is 1.29. The van der Waals surface area contributed by atoms with E-state index in [0.717, 1.165) is 54.6 Å². The molecular formula is C48H39N7O18. The van der Waals surface area contributed by atoms with E-state index in [0.29, 0.717) is 36.9 Å². The normalized spacial score (nSPS) is 10.6. The highest BCUT2D eigenvalue weighted by atomic mass is 16.6. The Balaban J connectivity index is 1.06. The van der Waals surface area contributed by atoms with Crippen LogP contribution in [-0.2, 0) is 0 Å². The lowest BCUT2D eigenvalue weighted by Gasteiger charge is -2.23. The van der Waals surface area contributed by atoms with Crippen LogP contribution in [0.5, 0.6) is 17.2 Å². The lowest BCUT2D eigenvalue weighted by Crippen LogP contribution is -2.35. The molecule has 6 rings (SSSR count). The average Bonchev–Trinajstić information content (AvgIpc) is 3.36. The van der Waals surface area contributed by atoms with Crippen molar-refractivity contribution in [2.45, 2.75) is 0 Å². The minimum absolute atomic E-state index is 0.120. The summed E-state index contributed by atoms with van der Waals surface area (Å²) in [5, 5.41) is 69.5. The summed E-state index contributed by atoms with van der Waals surface area (Å²) in [6.07, 6.45) is 0. The van der Waals surface area contributed by atoms with Crippen molar-refractivity contribution in [2.24, 2.45) is 0 Å². The number of hydrogen-bond acceptors (Lipinski definition) is 16. The number of carbonyl (C=O) groups excluding carboxylic acids is 3. The molecule has 374 valence electrons. The fourth-order valence-corrected chi connectivity index (χ4v) is 6.67. The van der Waals surface area contributed by atoms with Crippen LogP contribution in [0.2, 0.25) is 0 Å². The quantitative estimate of drug-likeness (QED) is 0.0260. The van der Waals surface area contributed by atoms with Gasteiger partial charge < -0.3 is 45.5 Å². The molecule has 6 N–H and O–H groups in total. The third-order valence-electron chi connectivity index (χ3n) is 10.4. The number of aromatic carboxylic acids is 3. The van der Waals surface area contributed by atoms with Crippen molar-refractivity contribution in [2.75, 3.05) is 55.4 Å². The van der Waals surface area contributed by atoms with Crippen LogP contribution in [0.15, 0.2) is 127 Å². The first-order chi connectivity index (χ1) is 34.9. The molecule has 0 heterocycles. The molecule has 6 aromatic carbocycles. The van der Waals surface area contributed by atoms with Crippen molar-refractivity contribution in [3.8, 4) is 17.2 Å². The van der Waals surface area contributed by atoms with Crippen LogP contribution >= 0.6 is 0 Å². The summed E-state index contributed by atoms with van der Waals surface area (Å²) in [5.74, 6) is -5.13. The van der Waals surface area contributed by atoms with Gasteiger partial charge in [-0.1, -0.05) is 0 Å². The van der Waals surface area contributed by atoms with Crippen LogP contribution in [0.3, 0.4) is 0 Å². The molecule has 0 radical (unpaired) electrons. The molecule has 0 atom stereocenters. The molecule has 25 heteroatoms. The zero-order valence-electron chi connectivity index (χ0n) is 37.6. The predicted octanol–water partition coefficient (Wildman–Crippen LogP) is 7.10. The van der Waals surface area contributed by atoms with Gasteiger partial charge >= 0.3 is 17.9 Å². The van der Waals surface area contributed by atoms with Crippen molar-refractivity contribution >= 4 is 69.8 Å². The van der Waals surface area contributed by atoms with E-state index < -0.39 is 67.5 Å². The maximum absolute atomic E-state index is 12.9. The Labute approximate surface area is 410 Å². The molecule has 0 spiro atoms. The number of nitro benzene ring substituents is 3. The number of ether oxygens (including phenoxy) is 3. The highest BCUT2D eigenvalue weighted by Crippen LogP contribution is 2.29. The van der Waals surface area contributed by atoms with Crippen molar-refractivity contribution in [1.82, 2.24) is 4.90 Å². The second-order valence-corrected chi connectivity index (χ2v) is 15.2. The zero-order chi connectivity index (χ0) is 52.8. The van der Waals surface area contributed by atoms with Gasteiger partial charge in [0.15, 0.2) is 0 Å². The van der Waals surface area contributed by atoms with Crippen molar-refractivity contribution in [3.63, 3.8) is 0 Å². The van der Waals surface area contributed by atoms with Gasteiger partial charge in [0.25, 0.3) is 34.8 Å². The highest BCUT2D eigenvalue weighted by Gasteiger charge is 2.23. The lowest BCUT2D eigenvalue weighted by molar-refractivity contribution is -0.384. The average molecular weight is 1000 g/mol. The molecule has 0 saturated carbocycles. The summed E-state index contributed by atoms with van der Waals surface area (Å²) < 4.78 is 17.8. The maximum atomic E-state index is 12.9. The highest BCUT2D eigenvalue weighted by molar-refractivity contribution is 6.07. The second kappa shape index (κ2) is 23.8. The monoisotopic (exact) mass is 1000 g/mol. The molecule has 25 nitrogen and oxygen atoms in total. The van der Waals surface area contributed by atoms with E-state index >= 15 is 0 Å². The molecule has 3 amide bonds. The molecule has 0 fully saturated rings. The largest absolute Gasteiger partial charge is 0.492 e. The lowest BCUT2D eigenvalue weighted by atomic mass is 10.1. The van der Waals surface area contributed by atoms with Gasteiger partial charge in [-0.3, -0.25) is 49.6 Å². The van der Waals surface area contributed by atoms with E-state index in [1.807, 2.05) is 4.90 Å². The molecule has 73 heavy (non-hydrogen) atoms. The number of nitrogens with one attached hydrogen (secondary N) is 3. The molecule has 6 aromatic rings. The Morgan fingerprint density at radius 2 is 0.630 bits per heavy atom. The minimum Gasteiger partial charge on any atom is -0.492 e. The summed E-state index contributed by atoms with van der Waals surface area (Å²) in [7, 11) is 0. The number of amides is 3. The maximum Gasteiger partial charge on any atom is 0.335 e. The Hall–Kier alpha value is -10.3. The summed E-state index contributed by atoms with van der Waals surface area (Å²) in [5.41, 5.74) is -3.05. The summed E-state index contributed by atoms with van der Waals surface area (Å²) in [6, 6.07) is 26.8. The minimum atomic E-state index is -1.38. The smallest absolute Gasteiger partial charge is 0.335 e. The number of nitrogens with zero attached hydrogens (tertiary/aromatic N) is 4. The van der Waals surface area contributed by atoms with Crippen LogP contribution in [0, 0.1) is 30.3 Å². The van der Waals surface area contributed by atoms with E-state index in [9.17, 15) is 74.4 Å². The van der Waals surface area contributed by atoms with Gasteiger partial charge in [0, 0.05) is 54.5 Å². The molecule has 0 unspecified atom stereocenters. The second-order valence-electron chi connectivity index (χ2n) is 15.2. The van der Waals surface area contributed by atoms with E-state index in [2.05, 4.69) is 16.0 Å². The standard InChI is InChI=1S/C48H39N7O18/c56-43(49-37-16-7-31(46(59)60)25-40(37)53(65)66)28-1-10-34(11-2-28)71-22-19-52(20-23-72-35-12-3-29(4-13-35)44(57)50-38-17-8-32(47(61)62)26-41(38)54(67)68)21-24-73-36-14-5-30(6-15-36)45(58)51-39-18-9-33(48(63)64)27-42(39)55(69)70/h1-18,25-27H,19-24H2,(H,49,56)(H,50,57)(H,51,58)(H,59,60)(H,61,62)(H,63,64). The number of carboxylic acids is 3. The number of carbonyl (C=O) groups is 6. The first kappa shape index (κ1) is 52.1. The number of benzene rings is 6. The Kier molecular flexibility index (Phi) is 17.0. The summed E-state index contributed by atoms with van der Waals surface area (Å²) >= 11 is 0. The molecule has 0 saturated heterocycles. The zero-order valence-corrected chi connectivity index (χ0v) is 37.6. The molecule has 0 aliphatic carbocycles.